The smallest absolute Gasteiger partial charge is 0.225 e. The first kappa shape index (κ1) is 15.6. The van der Waals surface area contributed by atoms with E-state index in [1.54, 1.807) is 0 Å². The highest BCUT2D eigenvalue weighted by Gasteiger charge is 2.26. The minimum Gasteiger partial charge on any atom is -0.492 e. The van der Waals surface area contributed by atoms with Crippen LogP contribution in [0.25, 0.3) is 0 Å². The first-order valence-electron chi connectivity index (χ1n) is 7.90. The van der Waals surface area contributed by atoms with Crippen molar-refractivity contribution in [3.63, 3.8) is 0 Å². The van der Waals surface area contributed by atoms with Crippen molar-refractivity contribution in [3.8, 4) is 5.75 Å². The van der Waals surface area contributed by atoms with Gasteiger partial charge in [0.05, 0.1) is 0 Å². The van der Waals surface area contributed by atoms with E-state index in [9.17, 15) is 4.79 Å². The van der Waals surface area contributed by atoms with Crippen LogP contribution < -0.4 is 10.1 Å². The van der Waals surface area contributed by atoms with Gasteiger partial charge in [0.1, 0.15) is 12.4 Å². The van der Waals surface area contributed by atoms with Crippen LogP contribution in [-0.4, -0.2) is 38.1 Å². The monoisotopic (exact) mass is 310 g/mol. The third-order valence-electron chi connectivity index (χ3n) is 4.07. The maximum absolute atomic E-state index is 12.0. The summed E-state index contributed by atoms with van der Waals surface area (Å²) >= 11 is 0. The van der Waals surface area contributed by atoms with Crippen LogP contribution in [0.15, 0.2) is 48.5 Å². The van der Waals surface area contributed by atoms with Crippen LogP contribution in [0.1, 0.15) is 23.5 Å². The van der Waals surface area contributed by atoms with Crippen molar-refractivity contribution >= 4 is 11.6 Å². The van der Waals surface area contributed by atoms with Crippen LogP contribution in [0.3, 0.4) is 0 Å². The molecule has 0 spiro atoms. The Morgan fingerprint density at radius 1 is 1.17 bits per heavy atom. The highest BCUT2D eigenvalue weighted by atomic mass is 16.5. The molecule has 1 aliphatic heterocycles. The minimum atomic E-state index is 0.0626. The normalized spacial score (nSPS) is 16.8. The van der Waals surface area contributed by atoms with E-state index in [0.717, 1.165) is 29.1 Å². The average molecular weight is 310 g/mol. The average Bonchev–Trinajstić information content (AvgIpc) is 2.55. The molecule has 0 bridgehead atoms. The van der Waals surface area contributed by atoms with Gasteiger partial charge in [0.25, 0.3) is 0 Å². The zero-order chi connectivity index (χ0) is 16.2. The molecule has 4 nitrogen and oxygen atoms in total. The minimum absolute atomic E-state index is 0.0626. The number of likely N-dealkylation sites (N-methyl/N-ethyl adjacent to an activating group) is 1. The number of hydrogen-bond acceptors (Lipinski definition) is 3. The van der Waals surface area contributed by atoms with E-state index in [1.807, 2.05) is 44.4 Å². The Morgan fingerprint density at radius 3 is 2.70 bits per heavy atom. The van der Waals surface area contributed by atoms with Crippen molar-refractivity contribution in [1.29, 1.82) is 0 Å². The molecule has 4 heteroatoms. The van der Waals surface area contributed by atoms with E-state index in [4.69, 9.17) is 4.74 Å². The largest absolute Gasteiger partial charge is 0.492 e. The quantitative estimate of drug-likeness (QED) is 0.922. The van der Waals surface area contributed by atoms with Crippen LogP contribution >= 0.6 is 0 Å². The fourth-order valence-corrected chi connectivity index (χ4v) is 2.86. The molecule has 1 N–H and O–H groups in total. The number of ether oxygens (including phenoxy) is 1. The fraction of sp³-hybridized carbons (Fsp3) is 0.316. The van der Waals surface area contributed by atoms with Crippen molar-refractivity contribution in [2.24, 2.45) is 0 Å². The Hall–Kier alpha value is -2.33. The maximum atomic E-state index is 12.0. The topological polar surface area (TPSA) is 41.6 Å². The molecule has 1 aliphatic rings. The van der Waals surface area contributed by atoms with Gasteiger partial charge in [-0.15, -0.1) is 0 Å². The van der Waals surface area contributed by atoms with E-state index < -0.39 is 0 Å². The van der Waals surface area contributed by atoms with Crippen LogP contribution in [-0.2, 0) is 4.79 Å². The molecule has 0 saturated heterocycles. The standard InChI is InChI=1S/C19H22N2O2/c1-21(2)10-11-23-15-8-9-18-17(12-15)16(13-19(22)20-18)14-6-4-3-5-7-14/h3-9,12,16H,10-11,13H2,1-2H3,(H,20,22). The summed E-state index contributed by atoms with van der Waals surface area (Å²) in [6.07, 6.45) is 0.470. The molecule has 120 valence electrons. The Balaban J connectivity index is 1.87. The number of fused-ring (bicyclic) bond motifs is 1. The highest BCUT2D eigenvalue weighted by molar-refractivity contribution is 5.95. The summed E-state index contributed by atoms with van der Waals surface area (Å²) in [6.45, 7) is 1.52. The molecule has 23 heavy (non-hydrogen) atoms. The predicted molar refractivity (Wildman–Crippen MR) is 92.0 cm³/mol. The van der Waals surface area contributed by atoms with Gasteiger partial charge in [0.15, 0.2) is 0 Å². The van der Waals surface area contributed by atoms with Crippen molar-refractivity contribution in [1.82, 2.24) is 4.90 Å². The summed E-state index contributed by atoms with van der Waals surface area (Å²) in [5, 5.41) is 2.96. The molecule has 1 amide bonds. The van der Waals surface area contributed by atoms with Crippen LogP contribution in [0.4, 0.5) is 5.69 Å². The summed E-state index contributed by atoms with van der Waals surface area (Å²) in [4.78, 5) is 14.1. The molecule has 0 aliphatic carbocycles. The molecule has 2 aromatic carbocycles. The molecule has 3 rings (SSSR count). The van der Waals surface area contributed by atoms with E-state index in [2.05, 4.69) is 28.4 Å². The molecule has 1 unspecified atom stereocenters. The van der Waals surface area contributed by atoms with E-state index in [1.165, 1.54) is 0 Å². The summed E-state index contributed by atoms with van der Waals surface area (Å²) in [6, 6.07) is 16.1. The Kier molecular flexibility index (Phi) is 4.63. The van der Waals surface area contributed by atoms with Crippen molar-refractivity contribution in [3.05, 3.63) is 59.7 Å². The van der Waals surface area contributed by atoms with Gasteiger partial charge in [-0.25, -0.2) is 0 Å². The Labute approximate surface area is 137 Å². The summed E-state index contributed by atoms with van der Waals surface area (Å²) in [7, 11) is 4.05. The van der Waals surface area contributed by atoms with E-state index in [-0.39, 0.29) is 11.8 Å². The number of benzene rings is 2. The van der Waals surface area contributed by atoms with Gasteiger partial charge in [0, 0.05) is 24.6 Å². The first-order chi connectivity index (χ1) is 11.1. The van der Waals surface area contributed by atoms with Crippen molar-refractivity contribution in [2.75, 3.05) is 32.6 Å². The maximum Gasteiger partial charge on any atom is 0.225 e. The second-order valence-electron chi connectivity index (χ2n) is 6.12. The lowest BCUT2D eigenvalue weighted by Gasteiger charge is -2.26. The second kappa shape index (κ2) is 6.84. The molecule has 1 atom stereocenters. The molecule has 0 aromatic heterocycles. The zero-order valence-electron chi connectivity index (χ0n) is 13.6. The highest BCUT2D eigenvalue weighted by Crippen LogP contribution is 2.38. The molecule has 0 saturated carbocycles. The number of amides is 1. The van der Waals surface area contributed by atoms with Gasteiger partial charge in [-0.3, -0.25) is 4.79 Å². The summed E-state index contributed by atoms with van der Waals surface area (Å²) < 4.78 is 5.84. The molecule has 2 aromatic rings. The number of rotatable bonds is 5. The lowest BCUT2D eigenvalue weighted by atomic mass is 9.85. The van der Waals surface area contributed by atoms with Gasteiger partial charge in [-0.2, -0.15) is 0 Å². The van der Waals surface area contributed by atoms with Gasteiger partial charge in [-0.1, -0.05) is 30.3 Å². The Morgan fingerprint density at radius 2 is 1.96 bits per heavy atom. The summed E-state index contributed by atoms with van der Waals surface area (Å²) in [5.41, 5.74) is 3.17. The zero-order valence-corrected chi connectivity index (χ0v) is 13.6. The van der Waals surface area contributed by atoms with Crippen LogP contribution in [0, 0.1) is 0 Å². The second-order valence-corrected chi connectivity index (χ2v) is 6.12. The van der Waals surface area contributed by atoms with E-state index >= 15 is 0 Å². The van der Waals surface area contributed by atoms with E-state index in [0.29, 0.717) is 13.0 Å². The fourth-order valence-electron chi connectivity index (χ4n) is 2.86. The van der Waals surface area contributed by atoms with Gasteiger partial charge < -0.3 is 15.0 Å². The number of carbonyl (C=O) groups is 1. The number of nitrogens with one attached hydrogen (secondary N) is 1. The summed E-state index contributed by atoms with van der Waals surface area (Å²) in [5.74, 6) is 0.993. The van der Waals surface area contributed by atoms with Gasteiger partial charge in [-0.05, 0) is 43.4 Å². The lowest BCUT2D eigenvalue weighted by Crippen LogP contribution is -2.23. The first-order valence-corrected chi connectivity index (χ1v) is 7.90. The molecule has 0 radical (unpaired) electrons. The van der Waals surface area contributed by atoms with Gasteiger partial charge in [0.2, 0.25) is 5.91 Å². The SMILES string of the molecule is CN(C)CCOc1ccc2c(c1)C(c1ccccc1)CC(=O)N2. The molecular weight excluding hydrogens is 288 g/mol. The van der Waals surface area contributed by atoms with Gasteiger partial charge >= 0.3 is 0 Å². The van der Waals surface area contributed by atoms with Crippen LogP contribution in [0.2, 0.25) is 0 Å². The molecular formula is C19H22N2O2. The third kappa shape index (κ3) is 3.71. The van der Waals surface area contributed by atoms with Crippen molar-refractivity contribution < 1.29 is 9.53 Å². The molecule has 1 heterocycles. The van der Waals surface area contributed by atoms with Crippen LogP contribution in [0.5, 0.6) is 5.75 Å². The Bertz CT molecular complexity index is 683. The lowest BCUT2D eigenvalue weighted by molar-refractivity contribution is -0.116. The number of carbonyl (C=O) groups excluding carboxylic acids is 1. The molecule has 0 fully saturated rings. The number of anilines is 1. The number of nitrogens with zero attached hydrogens (tertiary/aromatic N) is 1. The van der Waals surface area contributed by atoms with Crippen molar-refractivity contribution in [2.45, 2.75) is 12.3 Å². The number of hydrogen-bond donors (Lipinski definition) is 1. The predicted octanol–water partition coefficient (Wildman–Crippen LogP) is 3.10. The third-order valence-corrected chi connectivity index (χ3v) is 4.07.